The van der Waals surface area contributed by atoms with Crippen LogP contribution in [0.15, 0.2) is 54.6 Å². The normalized spacial score (nSPS) is 12.5. The Hall–Kier alpha value is -1.91. The first-order valence-electron chi connectivity index (χ1n) is 7.32. The first kappa shape index (κ1) is 15.0. The average Bonchev–Trinajstić information content (AvgIpc) is 2.93. The summed E-state index contributed by atoms with van der Waals surface area (Å²) in [5.74, 6) is 0.747. The van der Waals surface area contributed by atoms with E-state index >= 15 is 0 Å². The largest absolute Gasteiger partial charge is 0.484 e. The molecule has 1 heterocycles. The predicted octanol–water partition coefficient (Wildman–Crippen LogP) is 4.77. The van der Waals surface area contributed by atoms with Crippen molar-refractivity contribution in [2.24, 2.45) is 0 Å². The molecule has 0 amide bonds. The second-order valence-electron chi connectivity index (χ2n) is 5.13. The summed E-state index contributed by atoms with van der Waals surface area (Å²) in [6, 6.07) is 17.4. The SMILES string of the molecule is CNCC[C@@H](Oc1cccc2cc(F)sc12)c1ccccc1. The number of fused-ring (bicyclic) bond motifs is 1. The molecule has 0 spiro atoms. The minimum atomic E-state index is -0.183. The zero-order valence-corrected chi connectivity index (χ0v) is 13.2. The van der Waals surface area contributed by atoms with E-state index in [9.17, 15) is 4.39 Å². The lowest BCUT2D eigenvalue weighted by Crippen LogP contribution is -2.16. The van der Waals surface area contributed by atoms with Crippen molar-refractivity contribution in [2.45, 2.75) is 12.5 Å². The molecule has 2 aromatic carbocycles. The van der Waals surface area contributed by atoms with Crippen LogP contribution in [0.1, 0.15) is 18.1 Å². The zero-order valence-electron chi connectivity index (χ0n) is 12.4. The standard InChI is InChI=1S/C18H18FNOS/c1-20-11-10-15(13-6-3-2-4-7-13)21-16-9-5-8-14-12-17(19)22-18(14)16/h2-9,12,15,20H,10-11H2,1H3/t15-/m1/s1. The molecular formula is C18H18FNOS. The van der Waals surface area contributed by atoms with Crippen molar-refractivity contribution in [2.75, 3.05) is 13.6 Å². The van der Waals surface area contributed by atoms with Crippen LogP contribution in [0.3, 0.4) is 0 Å². The number of halogens is 1. The van der Waals surface area contributed by atoms with Gasteiger partial charge in [0, 0.05) is 6.42 Å². The average molecular weight is 315 g/mol. The van der Waals surface area contributed by atoms with Crippen molar-refractivity contribution in [3.63, 3.8) is 0 Å². The van der Waals surface area contributed by atoms with Gasteiger partial charge >= 0.3 is 0 Å². The summed E-state index contributed by atoms with van der Waals surface area (Å²) in [5, 5.41) is 3.86. The summed E-state index contributed by atoms with van der Waals surface area (Å²) in [5.41, 5.74) is 1.13. The van der Waals surface area contributed by atoms with Crippen molar-refractivity contribution >= 4 is 21.4 Å². The lowest BCUT2D eigenvalue weighted by molar-refractivity contribution is 0.198. The molecule has 22 heavy (non-hydrogen) atoms. The van der Waals surface area contributed by atoms with Crippen LogP contribution in [0.4, 0.5) is 4.39 Å². The monoisotopic (exact) mass is 315 g/mol. The minimum Gasteiger partial charge on any atom is -0.484 e. The molecule has 3 rings (SSSR count). The Bertz CT molecular complexity index is 741. The van der Waals surface area contributed by atoms with Gasteiger partial charge in [0.2, 0.25) is 0 Å². The second-order valence-corrected chi connectivity index (χ2v) is 6.14. The first-order valence-corrected chi connectivity index (χ1v) is 8.14. The van der Waals surface area contributed by atoms with E-state index in [0.717, 1.165) is 45.7 Å². The van der Waals surface area contributed by atoms with E-state index in [-0.39, 0.29) is 11.2 Å². The maximum atomic E-state index is 13.5. The molecule has 0 saturated carbocycles. The molecule has 0 unspecified atom stereocenters. The molecule has 0 aliphatic heterocycles. The predicted molar refractivity (Wildman–Crippen MR) is 90.1 cm³/mol. The quantitative estimate of drug-likeness (QED) is 0.707. The summed E-state index contributed by atoms with van der Waals surface area (Å²) in [6.45, 7) is 0.855. The summed E-state index contributed by atoms with van der Waals surface area (Å²) in [4.78, 5) is 0. The summed E-state index contributed by atoms with van der Waals surface area (Å²) >= 11 is 1.13. The number of benzene rings is 2. The molecule has 1 atom stereocenters. The summed E-state index contributed by atoms with van der Waals surface area (Å²) in [6.07, 6.45) is 0.800. The Balaban J connectivity index is 1.91. The highest BCUT2D eigenvalue weighted by Crippen LogP contribution is 2.35. The van der Waals surface area contributed by atoms with Crippen LogP contribution in [-0.2, 0) is 0 Å². The van der Waals surface area contributed by atoms with Crippen LogP contribution < -0.4 is 10.1 Å². The van der Waals surface area contributed by atoms with Crippen LogP contribution in [0.5, 0.6) is 5.75 Å². The van der Waals surface area contributed by atoms with Gasteiger partial charge in [-0.05, 0) is 36.7 Å². The highest BCUT2D eigenvalue weighted by atomic mass is 32.1. The van der Waals surface area contributed by atoms with E-state index in [1.165, 1.54) is 0 Å². The number of ether oxygens (including phenoxy) is 1. The fraction of sp³-hybridized carbons (Fsp3) is 0.222. The molecule has 0 fully saturated rings. The Morgan fingerprint density at radius 1 is 1.14 bits per heavy atom. The lowest BCUT2D eigenvalue weighted by atomic mass is 10.1. The third kappa shape index (κ3) is 3.29. The Morgan fingerprint density at radius 3 is 2.73 bits per heavy atom. The molecule has 114 valence electrons. The number of hydrogen-bond donors (Lipinski definition) is 1. The van der Waals surface area contributed by atoms with E-state index in [1.807, 2.05) is 43.4 Å². The van der Waals surface area contributed by atoms with Crippen LogP contribution in [-0.4, -0.2) is 13.6 Å². The second kappa shape index (κ2) is 6.90. The highest BCUT2D eigenvalue weighted by Gasteiger charge is 2.15. The van der Waals surface area contributed by atoms with Crippen LogP contribution >= 0.6 is 11.3 Å². The van der Waals surface area contributed by atoms with Gasteiger partial charge in [0.1, 0.15) is 11.9 Å². The van der Waals surface area contributed by atoms with Crippen molar-refractivity contribution in [3.05, 3.63) is 65.3 Å². The molecule has 0 saturated heterocycles. The Morgan fingerprint density at radius 2 is 1.95 bits per heavy atom. The lowest BCUT2D eigenvalue weighted by Gasteiger charge is -2.20. The molecule has 0 aliphatic rings. The molecule has 0 bridgehead atoms. The molecule has 3 aromatic rings. The van der Waals surface area contributed by atoms with Gasteiger partial charge in [-0.15, -0.1) is 11.3 Å². The molecule has 2 nitrogen and oxygen atoms in total. The smallest absolute Gasteiger partial charge is 0.177 e. The van der Waals surface area contributed by atoms with E-state index in [2.05, 4.69) is 17.4 Å². The van der Waals surface area contributed by atoms with Crippen LogP contribution in [0, 0.1) is 5.13 Å². The maximum absolute atomic E-state index is 13.5. The van der Waals surface area contributed by atoms with Crippen molar-refractivity contribution in [1.29, 1.82) is 0 Å². The van der Waals surface area contributed by atoms with Gasteiger partial charge < -0.3 is 10.1 Å². The Kier molecular flexibility index (Phi) is 4.71. The zero-order chi connectivity index (χ0) is 15.4. The Labute approximate surface area is 133 Å². The first-order chi connectivity index (χ1) is 10.8. The fourth-order valence-electron chi connectivity index (χ4n) is 2.49. The fourth-order valence-corrected chi connectivity index (χ4v) is 3.33. The van der Waals surface area contributed by atoms with E-state index < -0.39 is 0 Å². The van der Waals surface area contributed by atoms with Crippen LogP contribution in [0.2, 0.25) is 0 Å². The van der Waals surface area contributed by atoms with Crippen molar-refractivity contribution in [1.82, 2.24) is 5.32 Å². The third-order valence-corrected chi connectivity index (χ3v) is 4.53. The van der Waals surface area contributed by atoms with Gasteiger partial charge in [-0.1, -0.05) is 42.5 Å². The number of nitrogens with one attached hydrogen (secondary N) is 1. The molecular weight excluding hydrogens is 297 g/mol. The minimum absolute atomic E-state index is 0.0515. The van der Waals surface area contributed by atoms with E-state index in [4.69, 9.17) is 4.74 Å². The van der Waals surface area contributed by atoms with E-state index in [1.54, 1.807) is 6.07 Å². The number of rotatable bonds is 6. The third-order valence-electron chi connectivity index (χ3n) is 3.58. The van der Waals surface area contributed by atoms with Gasteiger partial charge in [0.15, 0.2) is 5.13 Å². The van der Waals surface area contributed by atoms with Crippen LogP contribution in [0.25, 0.3) is 10.1 Å². The van der Waals surface area contributed by atoms with Gasteiger partial charge in [-0.2, -0.15) is 4.39 Å². The van der Waals surface area contributed by atoms with Crippen molar-refractivity contribution in [3.8, 4) is 5.75 Å². The highest BCUT2D eigenvalue weighted by molar-refractivity contribution is 7.17. The topological polar surface area (TPSA) is 21.3 Å². The number of hydrogen-bond acceptors (Lipinski definition) is 3. The molecule has 0 aliphatic carbocycles. The molecule has 1 aromatic heterocycles. The summed E-state index contributed by atoms with van der Waals surface area (Å²) in [7, 11) is 1.93. The molecule has 0 radical (unpaired) electrons. The van der Waals surface area contributed by atoms with Crippen molar-refractivity contribution < 1.29 is 9.13 Å². The maximum Gasteiger partial charge on any atom is 0.177 e. The van der Waals surface area contributed by atoms with E-state index in [0.29, 0.717) is 0 Å². The number of thiophene rings is 1. The van der Waals surface area contributed by atoms with Gasteiger partial charge in [0.25, 0.3) is 0 Å². The van der Waals surface area contributed by atoms with Gasteiger partial charge in [-0.25, -0.2) is 0 Å². The summed E-state index contributed by atoms with van der Waals surface area (Å²) < 4.78 is 20.6. The molecule has 4 heteroatoms. The van der Waals surface area contributed by atoms with Gasteiger partial charge in [0.05, 0.1) is 4.70 Å². The van der Waals surface area contributed by atoms with Gasteiger partial charge in [-0.3, -0.25) is 0 Å². The molecule has 1 N–H and O–H groups in total.